The van der Waals surface area contributed by atoms with Crippen LogP contribution in [-0.4, -0.2) is 31.6 Å². The molecular formula is C27H30N2O3. The Kier molecular flexibility index (Phi) is 7.07. The molecule has 5 nitrogen and oxygen atoms in total. The molecule has 3 aromatic rings. The van der Waals surface area contributed by atoms with Crippen molar-refractivity contribution in [2.75, 3.05) is 26.1 Å². The monoisotopic (exact) mass is 430 g/mol. The number of carbonyl (C=O) groups excluding carboxylic acids is 1. The van der Waals surface area contributed by atoms with Crippen molar-refractivity contribution in [2.24, 2.45) is 5.92 Å². The molecule has 0 spiro atoms. The number of hydrogen-bond acceptors (Lipinski definition) is 4. The zero-order chi connectivity index (χ0) is 22.3. The first kappa shape index (κ1) is 21.9. The second-order valence-corrected chi connectivity index (χ2v) is 8.20. The second kappa shape index (κ2) is 10.3. The number of rotatable bonds is 7. The fourth-order valence-electron chi connectivity index (χ4n) is 4.41. The van der Waals surface area contributed by atoms with Gasteiger partial charge in [-0.25, -0.2) is 0 Å². The molecule has 0 radical (unpaired) electrons. The summed E-state index contributed by atoms with van der Waals surface area (Å²) in [5.74, 6) is 1.63. The van der Waals surface area contributed by atoms with Crippen molar-refractivity contribution in [3.63, 3.8) is 0 Å². The quantitative estimate of drug-likeness (QED) is 0.553. The topological polar surface area (TPSA) is 50.8 Å². The number of nitrogens with zero attached hydrogens (tertiary/aromatic N) is 1. The number of benzene rings is 3. The summed E-state index contributed by atoms with van der Waals surface area (Å²) in [6, 6.07) is 26.5. The van der Waals surface area contributed by atoms with Crippen molar-refractivity contribution in [1.29, 1.82) is 0 Å². The van der Waals surface area contributed by atoms with Gasteiger partial charge in [0.1, 0.15) is 11.5 Å². The fraction of sp³-hybridized carbons (Fsp3) is 0.296. The van der Waals surface area contributed by atoms with Crippen LogP contribution in [0.1, 0.15) is 30.0 Å². The number of amides is 1. The van der Waals surface area contributed by atoms with Crippen LogP contribution in [0.2, 0.25) is 0 Å². The molecule has 4 rings (SSSR count). The molecule has 1 aliphatic rings. The first-order chi connectivity index (χ1) is 15.7. The predicted octanol–water partition coefficient (Wildman–Crippen LogP) is 5.30. The Labute approximate surface area is 190 Å². The Bertz CT molecular complexity index is 1020. The average Bonchev–Trinajstić information content (AvgIpc) is 2.85. The van der Waals surface area contributed by atoms with Gasteiger partial charge in [0.05, 0.1) is 20.1 Å². The van der Waals surface area contributed by atoms with E-state index in [9.17, 15) is 4.79 Å². The maximum absolute atomic E-state index is 13.1. The van der Waals surface area contributed by atoms with E-state index >= 15 is 0 Å². The molecule has 5 heteroatoms. The minimum atomic E-state index is -0.0670. The van der Waals surface area contributed by atoms with Crippen LogP contribution in [0.3, 0.4) is 0 Å². The van der Waals surface area contributed by atoms with Gasteiger partial charge in [0.2, 0.25) is 5.91 Å². The Morgan fingerprint density at radius 3 is 2.38 bits per heavy atom. The van der Waals surface area contributed by atoms with Crippen molar-refractivity contribution < 1.29 is 14.3 Å². The molecule has 0 aromatic heterocycles. The van der Waals surface area contributed by atoms with Gasteiger partial charge in [0.15, 0.2) is 0 Å². The smallest absolute Gasteiger partial charge is 0.228 e. The summed E-state index contributed by atoms with van der Waals surface area (Å²) in [5.41, 5.74) is 3.27. The van der Waals surface area contributed by atoms with Gasteiger partial charge < -0.3 is 14.8 Å². The Balaban J connectivity index is 1.50. The van der Waals surface area contributed by atoms with E-state index in [-0.39, 0.29) is 17.9 Å². The summed E-state index contributed by atoms with van der Waals surface area (Å²) in [6.07, 6.45) is 1.80. The van der Waals surface area contributed by atoms with Crippen molar-refractivity contribution in [3.8, 4) is 11.5 Å². The van der Waals surface area contributed by atoms with Crippen LogP contribution in [0.4, 0.5) is 5.69 Å². The first-order valence-electron chi connectivity index (χ1n) is 11.0. The summed E-state index contributed by atoms with van der Waals surface area (Å²) in [6.45, 7) is 1.47. The fourth-order valence-corrected chi connectivity index (χ4v) is 4.41. The van der Waals surface area contributed by atoms with Gasteiger partial charge in [0.25, 0.3) is 0 Å². The predicted molar refractivity (Wildman–Crippen MR) is 127 cm³/mol. The van der Waals surface area contributed by atoms with Gasteiger partial charge in [0, 0.05) is 24.8 Å². The zero-order valence-electron chi connectivity index (χ0n) is 18.7. The highest BCUT2D eigenvalue weighted by Gasteiger charge is 2.33. The molecule has 1 N–H and O–H groups in total. The molecule has 0 bridgehead atoms. The molecule has 166 valence electrons. The van der Waals surface area contributed by atoms with E-state index in [1.807, 2.05) is 42.5 Å². The maximum atomic E-state index is 13.1. The second-order valence-electron chi connectivity index (χ2n) is 8.20. The zero-order valence-corrected chi connectivity index (χ0v) is 18.7. The molecule has 1 saturated heterocycles. The summed E-state index contributed by atoms with van der Waals surface area (Å²) in [5, 5.41) is 3.08. The van der Waals surface area contributed by atoms with Crippen molar-refractivity contribution >= 4 is 11.6 Å². The molecule has 2 atom stereocenters. The van der Waals surface area contributed by atoms with Gasteiger partial charge in [-0.3, -0.25) is 9.69 Å². The minimum absolute atomic E-state index is 0.0670. The first-order valence-corrected chi connectivity index (χ1v) is 11.0. The summed E-state index contributed by atoms with van der Waals surface area (Å²) in [4.78, 5) is 15.5. The summed E-state index contributed by atoms with van der Waals surface area (Å²) in [7, 11) is 3.32. The molecule has 1 heterocycles. The minimum Gasteiger partial charge on any atom is -0.497 e. The van der Waals surface area contributed by atoms with Crippen LogP contribution in [0.5, 0.6) is 11.5 Å². The van der Waals surface area contributed by atoms with Crippen molar-refractivity contribution in [3.05, 3.63) is 90.0 Å². The molecule has 32 heavy (non-hydrogen) atoms. The van der Waals surface area contributed by atoms with Gasteiger partial charge in [-0.2, -0.15) is 0 Å². The van der Waals surface area contributed by atoms with Gasteiger partial charge in [-0.1, -0.05) is 42.5 Å². The highest BCUT2D eigenvalue weighted by Crippen LogP contribution is 2.35. The lowest BCUT2D eigenvalue weighted by atomic mass is 9.88. The lowest BCUT2D eigenvalue weighted by molar-refractivity contribution is -0.122. The molecule has 0 unspecified atom stereocenters. The lowest BCUT2D eigenvalue weighted by Gasteiger charge is -2.39. The summed E-state index contributed by atoms with van der Waals surface area (Å²) < 4.78 is 10.6. The standard InChI is InChI=1S/C27H30N2O3/c1-31-24-14-12-23(13-15-24)28-27(30)22-11-16-26(21-8-4-3-5-9-21)29(19-22)18-20-7-6-10-25(17-20)32-2/h3-10,12-15,17,22,26H,11,16,18-19H2,1-2H3,(H,28,30)/t22-,26-/m0/s1. The molecule has 1 fully saturated rings. The van der Waals surface area contributed by atoms with E-state index in [1.165, 1.54) is 11.1 Å². The largest absolute Gasteiger partial charge is 0.497 e. The molecule has 0 aliphatic carbocycles. The Hall–Kier alpha value is -3.31. The van der Waals surface area contributed by atoms with Crippen LogP contribution in [0.15, 0.2) is 78.9 Å². The maximum Gasteiger partial charge on any atom is 0.228 e. The number of anilines is 1. The number of methoxy groups -OCH3 is 2. The van der Waals surface area contributed by atoms with Crippen LogP contribution in [0, 0.1) is 5.92 Å². The highest BCUT2D eigenvalue weighted by molar-refractivity contribution is 5.92. The van der Waals surface area contributed by atoms with Crippen LogP contribution in [-0.2, 0) is 11.3 Å². The number of carbonyl (C=O) groups is 1. The van der Waals surface area contributed by atoms with Gasteiger partial charge >= 0.3 is 0 Å². The molecular weight excluding hydrogens is 400 g/mol. The molecule has 1 aliphatic heterocycles. The van der Waals surface area contributed by atoms with E-state index in [2.05, 4.69) is 46.6 Å². The van der Waals surface area contributed by atoms with E-state index in [0.717, 1.165) is 36.6 Å². The number of nitrogens with one attached hydrogen (secondary N) is 1. The molecule has 3 aromatic carbocycles. The number of likely N-dealkylation sites (tertiary alicyclic amines) is 1. The SMILES string of the molecule is COc1ccc(NC(=O)[C@H]2CC[C@@H](c3ccccc3)N(Cc3cccc(OC)c3)C2)cc1. The Morgan fingerprint density at radius 2 is 1.66 bits per heavy atom. The van der Waals surface area contributed by atoms with Crippen molar-refractivity contribution in [2.45, 2.75) is 25.4 Å². The van der Waals surface area contributed by atoms with Crippen LogP contribution in [0.25, 0.3) is 0 Å². The third-order valence-corrected chi connectivity index (χ3v) is 6.12. The highest BCUT2D eigenvalue weighted by atomic mass is 16.5. The van der Waals surface area contributed by atoms with E-state index in [4.69, 9.17) is 9.47 Å². The third-order valence-electron chi connectivity index (χ3n) is 6.12. The summed E-state index contributed by atoms with van der Waals surface area (Å²) >= 11 is 0. The van der Waals surface area contributed by atoms with E-state index < -0.39 is 0 Å². The van der Waals surface area contributed by atoms with Gasteiger partial charge in [-0.15, -0.1) is 0 Å². The normalized spacial score (nSPS) is 18.7. The van der Waals surface area contributed by atoms with E-state index in [0.29, 0.717) is 6.54 Å². The average molecular weight is 431 g/mol. The number of ether oxygens (including phenoxy) is 2. The van der Waals surface area contributed by atoms with Crippen molar-refractivity contribution in [1.82, 2.24) is 4.90 Å². The number of piperidine rings is 1. The molecule has 1 amide bonds. The molecule has 0 saturated carbocycles. The van der Waals surface area contributed by atoms with Gasteiger partial charge in [-0.05, 0) is 60.4 Å². The van der Waals surface area contributed by atoms with Crippen LogP contribution < -0.4 is 14.8 Å². The number of hydrogen-bond donors (Lipinski definition) is 1. The third kappa shape index (κ3) is 5.29. The van der Waals surface area contributed by atoms with Crippen LogP contribution >= 0.6 is 0 Å². The lowest BCUT2D eigenvalue weighted by Crippen LogP contribution is -2.42. The Morgan fingerprint density at radius 1 is 0.906 bits per heavy atom. The van der Waals surface area contributed by atoms with E-state index in [1.54, 1.807) is 14.2 Å².